The Morgan fingerprint density at radius 3 is 1.70 bits per heavy atom. The summed E-state index contributed by atoms with van der Waals surface area (Å²) in [5.74, 6) is -0.384. The molecule has 0 heterocycles. The monoisotopic (exact) mass is 460 g/mol. The van der Waals surface area contributed by atoms with Crippen LogP contribution in [0.3, 0.4) is 0 Å². The van der Waals surface area contributed by atoms with Crippen LogP contribution in [0.2, 0.25) is 0 Å². The number of hydrogen-bond donors (Lipinski definition) is 2. The molecule has 3 nitrogen and oxygen atoms in total. The number of hydrogen-bond acceptors (Lipinski definition) is 2. The third-order valence-corrected chi connectivity index (χ3v) is 6.93. The molecular weight excluding hydrogens is 408 g/mol. The van der Waals surface area contributed by atoms with Gasteiger partial charge in [0.2, 0.25) is 0 Å². The highest BCUT2D eigenvalue weighted by molar-refractivity contribution is 5.68. The maximum absolute atomic E-state index is 11.5. The lowest BCUT2D eigenvalue weighted by Crippen LogP contribution is -2.14. The fourth-order valence-corrected chi connectivity index (χ4v) is 4.80. The number of rotatable bonds is 18. The maximum Gasteiger partial charge on any atom is 0.303 e. The van der Waals surface area contributed by atoms with Crippen molar-refractivity contribution in [1.29, 1.82) is 0 Å². The first-order chi connectivity index (χ1) is 15.7. The molecule has 1 rings (SSSR count). The molecule has 3 heteroatoms. The fourth-order valence-electron chi connectivity index (χ4n) is 4.80. The lowest BCUT2D eigenvalue weighted by molar-refractivity contribution is -0.137. The molecule has 0 radical (unpaired) electrons. The van der Waals surface area contributed by atoms with E-state index in [1.165, 1.54) is 83.5 Å². The van der Waals surface area contributed by atoms with Crippen molar-refractivity contribution >= 4 is 5.97 Å². The second-order valence-corrected chi connectivity index (χ2v) is 11.2. The zero-order valence-corrected chi connectivity index (χ0v) is 22.3. The summed E-state index contributed by atoms with van der Waals surface area (Å²) in [5, 5.41) is 20.0. The van der Waals surface area contributed by atoms with Crippen LogP contribution in [0.5, 0.6) is 5.75 Å². The molecule has 2 N–H and O–H groups in total. The van der Waals surface area contributed by atoms with Gasteiger partial charge in [0.1, 0.15) is 5.75 Å². The molecule has 0 fully saturated rings. The molecule has 0 amide bonds. The molecule has 0 aliphatic carbocycles. The maximum atomic E-state index is 11.5. The Labute approximate surface area is 204 Å². The zero-order valence-electron chi connectivity index (χ0n) is 22.3. The van der Waals surface area contributed by atoms with E-state index in [2.05, 4.69) is 27.7 Å². The van der Waals surface area contributed by atoms with E-state index in [0.29, 0.717) is 5.75 Å². The van der Waals surface area contributed by atoms with Crippen molar-refractivity contribution in [2.75, 3.05) is 0 Å². The van der Waals surface area contributed by atoms with Gasteiger partial charge in [0, 0.05) is 0 Å². The van der Waals surface area contributed by atoms with Crippen LogP contribution in [0.4, 0.5) is 0 Å². The van der Waals surface area contributed by atoms with Crippen LogP contribution in [0, 0.1) is 6.92 Å². The van der Waals surface area contributed by atoms with Gasteiger partial charge < -0.3 is 10.2 Å². The first-order valence-corrected chi connectivity index (χ1v) is 13.7. The Morgan fingerprint density at radius 1 is 0.818 bits per heavy atom. The minimum atomic E-state index is -0.742. The molecule has 0 bridgehead atoms. The Balaban J connectivity index is 2.35. The number of phenols is 1. The summed E-state index contributed by atoms with van der Waals surface area (Å²) in [6.45, 7) is 10.5. The highest BCUT2D eigenvalue weighted by Gasteiger charge is 2.23. The first kappa shape index (κ1) is 29.5. The number of phenolic OH excluding ortho intramolecular Hbond substituents is 1. The number of carbonyl (C=O) groups is 1. The SMILES string of the molecule is CCCCCCCCCCCCCCCCC(CC(=O)O)c1cc(C)c(O)c(C(C)(C)C)c1. The van der Waals surface area contributed by atoms with Gasteiger partial charge in [0.15, 0.2) is 0 Å². The molecule has 0 spiro atoms. The van der Waals surface area contributed by atoms with Crippen molar-refractivity contribution in [2.24, 2.45) is 0 Å². The van der Waals surface area contributed by atoms with Gasteiger partial charge in [-0.1, -0.05) is 130 Å². The van der Waals surface area contributed by atoms with E-state index in [1.807, 2.05) is 19.1 Å². The van der Waals surface area contributed by atoms with E-state index >= 15 is 0 Å². The number of aromatic hydroxyl groups is 1. The number of aliphatic carboxylic acids is 1. The molecule has 1 atom stereocenters. The number of aryl methyl sites for hydroxylation is 1. The van der Waals surface area contributed by atoms with Gasteiger partial charge in [-0.05, 0) is 41.4 Å². The molecule has 0 aliphatic rings. The quantitative estimate of drug-likeness (QED) is 0.214. The Morgan fingerprint density at radius 2 is 1.27 bits per heavy atom. The van der Waals surface area contributed by atoms with E-state index in [-0.39, 0.29) is 17.8 Å². The normalized spacial score (nSPS) is 12.8. The standard InChI is InChI=1S/C30H52O3/c1-6-7-8-9-10-11-12-13-14-15-16-17-18-19-20-25(23-28(31)32)26-21-24(2)29(33)27(22-26)30(3,4)5/h21-22,25,33H,6-20,23H2,1-5H3,(H,31,32). The van der Waals surface area contributed by atoms with Crippen LogP contribution in [-0.4, -0.2) is 16.2 Å². The second kappa shape index (κ2) is 16.2. The largest absolute Gasteiger partial charge is 0.507 e. The molecule has 0 saturated carbocycles. The van der Waals surface area contributed by atoms with Gasteiger partial charge in [-0.15, -0.1) is 0 Å². The summed E-state index contributed by atoms with van der Waals surface area (Å²) >= 11 is 0. The minimum absolute atomic E-state index is 0.0141. The highest BCUT2D eigenvalue weighted by atomic mass is 16.4. The predicted octanol–water partition coefficient (Wildman–Crippen LogP) is 9.43. The van der Waals surface area contributed by atoms with Crippen molar-refractivity contribution in [3.63, 3.8) is 0 Å². The van der Waals surface area contributed by atoms with Crippen LogP contribution in [0.1, 0.15) is 153 Å². The second-order valence-electron chi connectivity index (χ2n) is 11.2. The van der Waals surface area contributed by atoms with E-state index in [4.69, 9.17) is 0 Å². The van der Waals surface area contributed by atoms with Crippen LogP contribution in [-0.2, 0) is 10.2 Å². The van der Waals surface area contributed by atoms with E-state index in [1.54, 1.807) is 0 Å². The molecule has 33 heavy (non-hydrogen) atoms. The minimum Gasteiger partial charge on any atom is -0.507 e. The first-order valence-electron chi connectivity index (χ1n) is 13.7. The lowest BCUT2D eigenvalue weighted by Gasteiger charge is -2.25. The van der Waals surface area contributed by atoms with Crippen molar-refractivity contribution in [3.05, 3.63) is 28.8 Å². The number of unbranched alkanes of at least 4 members (excludes halogenated alkanes) is 13. The van der Waals surface area contributed by atoms with Crippen molar-refractivity contribution in [3.8, 4) is 5.75 Å². The average molecular weight is 461 g/mol. The molecule has 1 unspecified atom stereocenters. The van der Waals surface area contributed by atoms with Crippen LogP contribution in [0.15, 0.2) is 12.1 Å². The van der Waals surface area contributed by atoms with Crippen LogP contribution < -0.4 is 0 Å². The van der Waals surface area contributed by atoms with Gasteiger partial charge in [-0.2, -0.15) is 0 Å². The highest BCUT2D eigenvalue weighted by Crippen LogP contribution is 2.37. The summed E-state index contributed by atoms with van der Waals surface area (Å²) in [4.78, 5) is 11.5. The van der Waals surface area contributed by atoms with Gasteiger partial charge in [-0.25, -0.2) is 0 Å². The smallest absolute Gasteiger partial charge is 0.303 e. The molecule has 0 aliphatic heterocycles. The van der Waals surface area contributed by atoms with Gasteiger partial charge >= 0.3 is 5.97 Å². The third kappa shape index (κ3) is 12.5. The topological polar surface area (TPSA) is 57.5 Å². The molecular formula is C30H52O3. The third-order valence-electron chi connectivity index (χ3n) is 6.93. The Bertz CT molecular complexity index is 672. The summed E-state index contributed by atoms with van der Waals surface area (Å²) < 4.78 is 0. The van der Waals surface area contributed by atoms with E-state index in [9.17, 15) is 15.0 Å². The van der Waals surface area contributed by atoms with Crippen LogP contribution >= 0.6 is 0 Å². The Kier molecular flexibility index (Phi) is 14.5. The molecule has 1 aromatic rings. The van der Waals surface area contributed by atoms with Gasteiger partial charge in [-0.3, -0.25) is 4.79 Å². The van der Waals surface area contributed by atoms with E-state index < -0.39 is 5.97 Å². The fraction of sp³-hybridized carbons (Fsp3) is 0.767. The average Bonchev–Trinajstić information content (AvgIpc) is 2.73. The number of carboxylic acid groups (broad SMARTS) is 1. The number of benzene rings is 1. The predicted molar refractivity (Wildman–Crippen MR) is 141 cm³/mol. The summed E-state index contributed by atoms with van der Waals surface area (Å²) in [6, 6.07) is 4.03. The number of carboxylic acids is 1. The molecule has 1 aromatic carbocycles. The molecule has 0 saturated heterocycles. The summed E-state index contributed by atoms with van der Waals surface area (Å²) in [5.41, 5.74) is 2.64. The van der Waals surface area contributed by atoms with Gasteiger partial charge in [0.25, 0.3) is 0 Å². The van der Waals surface area contributed by atoms with E-state index in [0.717, 1.165) is 29.5 Å². The Hall–Kier alpha value is -1.51. The molecule has 0 aromatic heterocycles. The van der Waals surface area contributed by atoms with Crippen molar-refractivity contribution in [1.82, 2.24) is 0 Å². The lowest BCUT2D eigenvalue weighted by atomic mass is 9.81. The summed E-state index contributed by atoms with van der Waals surface area (Å²) in [6.07, 6.45) is 19.7. The van der Waals surface area contributed by atoms with Gasteiger partial charge in [0.05, 0.1) is 6.42 Å². The van der Waals surface area contributed by atoms with Crippen LogP contribution in [0.25, 0.3) is 0 Å². The van der Waals surface area contributed by atoms with Crippen molar-refractivity contribution < 1.29 is 15.0 Å². The van der Waals surface area contributed by atoms with Crippen molar-refractivity contribution in [2.45, 2.75) is 149 Å². The zero-order chi connectivity index (χ0) is 24.7. The summed E-state index contributed by atoms with van der Waals surface area (Å²) in [7, 11) is 0. The molecule has 190 valence electrons.